The number of carboxylic acids is 2. The molecule has 136 valence electrons. The first-order valence-corrected chi connectivity index (χ1v) is 7.40. The van der Waals surface area contributed by atoms with Gasteiger partial charge in [0.05, 0.1) is 30.0 Å². The van der Waals surface area contributed by atoms with Gasteiger partial charge in [-0.3, -0.25) is 9.63 Å². The van der Waals surface area contributed by atoms with Gasteiger partial charge >= 0.3 is 11.9 Å². The van der Waals surface area contributed by atoms with E-state index in [0.717, 1.165) is 12.1 Å². The van der Waals surface area contributed by atoms with E-state index in [9.17, 15) is 19.5 Å². The summed E-state index contributed by atoms with van der Waals surface area (Å²) in [7, 11) is 0. The third-order valence-corrected chi connectivity index (χ3v) is 3.38. The maximum Gasteiger partial charge on any atom is 0.336 e. The highest BCUT2D eigenvalue weighted by Gasteiger charge is 2.17. The van der Waals surface area contributed by atoms with Crippen molar-refractivity contribution >= 4 is 17.8 Å². The van der Waals surface area contributed by atoms with Crippen LogP contribution in [0.5, 0.6) is 5.75 Å². The molecule has 9 nitrogen and oxygen atoms in total. The van der Waals surface area contributed by atoms with Crippen molar-refractivity contribution in [3.05, 3.63) is 64.7 Å². The molecule has 0 unspecified atom stereocenters. The molecule has 0 spiro atoms. The molecule has 0 atom stereocenters. The van der Waals surface area contributed by atoms with E-state index in [1.807, 2.05) is 0 Å². The minimum Gasteiger partial charge on any atom is -0.508 e. The topological polar surface area (TPSA) is 145 Å². The zero-order valence-electron chi connectivity index (χ0n) is 13.4. The van der Waals surface area contributed by atoms with Crippen molar-refractivity contribution in [3.63, 3.8) is 0 Å². The molecule has 0 aliphatic carbocycles. The number of hydrogen-bond acceptors (Lipinski definition) is 6. The van der Waals surface area contributed by atoms with Gasteiger partial charge < -0.3 is 20.6 Å². The number of hydrogen-bond donors (Lipinski definition) is 5. The maximum atomic E-state index is 12.0. The molecule has 5 N–H and O–H groups in total. The fourth-order valence-corrected chi connectivity index (χ4v) is 2.15. The van der Waals surface area contributed by atoms with Crippen LogP contribution < -0.4 is 10.8 Å². The molecule has 2 aromatic rings. The molecule has 0 aliphatic rings. The molecule has 26 heavy (non-hydrogen) atoms. The second kappa shape index (κ2) is 8.60. The molecule has 0 aliphatic heterocycles. The molecule has 2 rings (SSSR count). The van der Waals surface area contributed by atoms with E-state index in [-0.39, 0.29) is 35.7 Å². The lowest BCUT2D eigenvalue weighted by Crippen LogP contribution is -2.34. The SMILES string of the molecule is O=C(O)c1ccccc1CONCNC(=O)c1cc(O)ccc1C(=O)O. The van der Waals surface area contributed by atoms with Gasteiger partial charge in [-0.15, -0.1) is 0 Å². The largest absolute Gasteiger partial charge is 0.508 e. The van der Waals surface area contributed by atoms with Crippen LogP contribution in [0.25, 0.3) is 0 Å². The number of carboxylic acid groups (broad SMARTS) is 2. The van der Waals surface area contributed by atoms with Gasteiger partial charge in [0.15, 0.2) is 0 Å². The second-order valence-electron chi connectivity index (χ2n) is 5.11. The van der Waals surface area contributed by atoms with Crippen LogP contribution in [-0.2, 0) is 11.4 Å². The minimum absolute atomic E-state index is 0.0507. The number of benzene rings is 2. The molecule has 0 bridgehead atoms. The highest BCUT2D eigenvalue weighted by atomic mass is 16.6. The molecule has 0 aromatic heterocycles. The fourth-order valence-electron chi connectivity index (χ4n) is 2.15. The van der Waals surface area contributed by atoms with Gasteiger partial charge in [-0.2, -0.15) is 5.48 Å². The highest BCUT2D eigenvalue weighted by molar-refractivity contribution is 6.05. The molecule has 9 heteroatoms. The second-order valence-corrected chi connectivity index (χ2v) is 5.11. The lowest BCUT2D eigenvalue weighted by atomic mass is 10.1. The monoisotopic (exact) mass is 360 g/mol. The van der Waals surface area contributed by atoms with E-state index < -0.39 is 17.8 Å². The first kappa shape index (κ1) is 18.9. The number of carbonyl (C=O) groups excluding carboxylic acids is 1. The number of aromatic carboxylic acids is 2. The van der Waals surface area contributed by atoms with E-state index in [2.05, 4.69) is 10.8 Å². The quantitative estimate of drug-likeness (QED) is 0.268. The van der Waals surface area contributed by atoms with Crippen LogP contribution in [0.15, 0.2) is 42.5 Å². The van der Waals surface area contributed by atoms with E-state index in [1.165, 1.54) is 12.1 Å². The van der Waals surface area contributed by atoms with Crippen LogP contribution in [-0.4, -0.2) is 39.8 Å². The van der Waals surface area contributed by atoms with E-state index in [4.69, 9.17) is 15.1 Å². The molecular weight excluding hydrogens is 344 g/mol. The normalized spacial score (nSPS) is 10.3. The minimum atomic E-state index is -1.30. The van der Waals surface area contributed by atoms with Gasteiger partial charge in [0.1, 0.15) is 5.75 Å². The molecule has 0 fully saturated rings. The summed E-state index contributed by atoms with van der Waals surface area (Å²) in [5.74, 6) is -3.35. The summed E-state index contributed by atoms with van der Waals surface area (Å²) >= 11 is 0. The molecule has 0 radical (unpaired) electrons. The van der Waals surface area contributed by atoms with Crippen LogP contribution in [0.4, 0.5) is 0 Å². The predicted molar refractivity (Wildman–Crippen MR) is 88.7 cm³/mol. The predicted octanol–water partition coefficient (Wildman–Crippen LogP) is 1.20. The van der Waals surface area contributed by atoms with Crippen molar-refractivity contribution in [2.24, 2.45) is 0 Å². The van der Waals surface area contributed by atoms with Gasteiger partial charge in [-0.1, -0.05) is 18.2 Å². The van der Waals surface area contributed by atoms with E-state index >= 15 is 0 Å². The van der Waals surface area contributed by atoms with E-state index in [1.54, 1.807) is 18.2 Å². The summed E-state index contributed by atoms with van der Waals surface area (Å²) in [4.78, 5) is 39.3. The summed E-state index contributed by atoms with van der Waals surface area (Å²) in [5, 5.41) is 29.9. The Balaban J connectivity index is 1.88. The molecular formula is C17H16N2O7. The van der Waals surface area contributed by atoms with Crippen molar-refractivity contribution in [1.82, 2.24) is 10.8 Å². The van der Waals surface area contributed by atoms with E-state index in [0.29, 0.717) is 5.56 Å². The summed E-state index contributed by atoms with van der Waals surface area (Å²) in [6.45, 7) is -0.215. The van der Waals surface area contributed by atoms with Gasteiger partial charge in [0.2, 0.25) is 0 Å². The Labute approximate surface area is 147 Å². The third kappa shape index (κ3) is 4.79. The number of aromatic hydroxyl groups is 1. The van der Waals surface area contributed by atoms with Crippen molar-refractivity contribution in [2.45, 2.75) is 6.61 Å². The summed E-state index contributed by atoms with van der Waals surface area (Å²) in [6.07, 6.45) is 0. The maximum absolute atomic E-state index is 12.0. The summed E-state index contributed by atoms with van der Waals surface area (Å²) in [6, 6.07) is 9.63. The highest BCUT2D eigenvalue weighted by Crippen LogP contribution is 2.16. The number of nitrogens with one attached hydrogen (secondary N) is 2. The first-order chi connectivity index (χ1) is 12.4. The van der Waals surface area contributed by atoms with Crippen LogP contribution in [0.3, 0.4) is 0 Å². The molecule has 0 heterocycles. The van der Waals surface area contributed by atoms with Gasteiger partial charge in [0.25, 0.3) is 5.91 Å². The van der Waals surface area contributed by atoms with Crippen molar-refractivity contribution in [2.75, 3.05) is 6.67 Å². The Bertz CT molecular complexity index is 836. The summed E-state index contributed by atoms with van der Waals surface area (Å²) < 4.78 is 0. The zero-order chi connectivity index (χ0) is 19.1. The fraction of sp³-hybridized carbons (Fsp3) is 0.118. The Morgan fingerprint density at radius 2 is 1.62 bits per heavy atom. The Kier molecular flexibility index (Phi) is 6.25. The van der Waals surface area contributed by atoms with Crippen molar-refractivity contribution < 1.29 is 34.5 Å². The third-order valence-electron chi connectivity index (χ3n) is 3.38. The smallest absolute Gasteiger partial charge is 0.336 e. The Hall–Kier alpha value is -3.43. The zero-order valence-corrected chi connectivity index (χ0v) is 13.4. The summed E-state index contributed by atoms with van der Waals surface area (Å²) in [5.41, 5.74) is 2.52. The van der Waals surface area contributed by atoms with Crippen molar-refractivity contribution in [1.29, 1.82) is 0 Å². The lowest BCUT2D eigenvalue weighted by Gasteiger charge is -2.10. The molecule has 1 amide bonds. The molecule has 0 saturated carbocycles. The number of rotatable bonds is 8. The number of hydroxylamine groups is 1. The van der Waals surface area contributed by atoms with Gasteiger partial charge in [-0.25, -0.2) is 9.59 Å². The molecule has 2 aromatic carbocycles. The van der Waals surface area contributed by atoms with Gasteiger partial charge in [-0.05, 0) is 29.8 Å². The number of carbonyl (C=O) groups is 3. The van der Waals surface area contributed by atoms with Crippen LogP contribution >= 0.6 is 0 Å². The average molecular weight is 360 g/mol. The van der Waals surface area contributed by atoms with Crippen LogP contribution in [0.2, 0.25) is 0 Å². The van der Waals surface area contributed by atoms with Crippen molar-refractivity contribution in [3.8, 4) is 5.75 Å². The standard InChI is InChI=1S/C17H16N2O7/c20-11-5-6-13(17(24)25)14(7-11)15(21)18-9-19-26-8-10-3-1-2-4-12(10)16(22)23/h1-7,19-20H,8-9H2,(H,18,21)(H,22,23)(H,24,25). The number of phenols is 1. The number of amides is 1. The Morgan fingerprint density at radius 3 is 2.31 bits per heavy atom. The van der Waals surface area contributed by atoms with Crippen LogP contribution in [0.1, 0.15) is 36.6 Å². The molecule has 0 saturated heterocycles. The first-order valence-electron chi connectivity index (χ1n) is 7.40. The van der Waals surface area contributed by atoms with Crippen LogP contribution in [0, 0.1) is 0 Å². The lowest BCUT2D eigenvalue weighted by molar-refractivity contribution is 0.0226. The number of phenolic OH excluding ortho intramolecular Hbond substituents is 1. The van der Waals surface area contributed by atoms with Gasteiger partial charge in [0, 0.05) is 0 Å². The Morgan fingerprint density at radius 1 is 0.923 bits per heavy atom. The average Bonchev–Trinajstić information content (AvgIpc) is 2.61.